The summed E-state index contributed by atoms with van der Waals surface area (Å²) in [5.41, 5.74) is 1.25. The van der Waals surface area contributed by atoms with Gasteiger partial charge in [-0.1, -0.05) is 30.7 Å². The van der Waals surface area contributed by atoms with Crippen molar-refractivity contribution in [2.45, 2.75) is 30.7 Å². The molecule has 33 heavy (non-hydrogen) atoms. The summed E-state index contributed by atoms with van der Waals surface area (Å²) in [6.07, 6.45) is 1.82. The number of nitrogens with one attached hydrogen (secondary N) is 1. The normalized spacial score (nSPS) is 18.2. The van der Waals surface area contributed by atoms with Gasteiger partial charge in [0, 0.05) is 25.2 Å². The Kier molecular flexibility index (Phi) is 8.39. The Hall–Kier alpha value is -2.13. The Morgan fingerprint density at radius 3 is 2.70 bits per heavy atom. The molecule has 2 aromatic carbocycles. The van der Waals surface area contributed by atoms with Crippen LogP contribution in [0.4, 0.5) is 0 Å². The second kappa shape index (κ2) is 10.9. The molecule has 0 unspecified atom stereocenters. The minimum atomic E-state index is -3.78. The van der Waals surface area contributed by atoms with Gasteiger partial charge in [0.15, 0.2) is 0 Å². The van der Waals surface area contributed by atoms with Crippen LogP contribution >= 0.6 is 11.6 Å². The maximum Gasteiger partial charge on any atom is 0.251 e. The van der Waals surface area contributed by atoms with Gasteiger partial charge < -0.3 is 15.0 Å². The lowest BCUT2D eigenvalue weighted by Gasteiger charge is -2.30. The smallest absolute Gasteiger partial charge is 0.251 e. The molecule has 1 N–H and O–H groups in total. The van der Waals surface area contributed by atoms with Crippen LogP contribution in [0.3, 0.4) is 0 Å². The lowest BCUT2D eigenvalue weighted by atomic mass is 10.0. The van der Waals surface area contributed by atoms with E-state index in [2.05, 4.69) is 5.32 Å². The second-order valence-corrected chi connectivity index (χ2v) is 11.0. The first kappa shape index (κ1) is 25.5. The molecule has 0 aromatic heterocycles. The number of carbonyl (C=O) groups is 1. The van der Waals surface area contributed by atoms with E-state index >= 15 is 0 Å². The van der Waals surface area contributed by atoms with Crippen LogP contribution in [0.1, 0.15) is 41.7 Å². The van der Waals surface area contributed by atoms with Crippen LogP contribution in [0.5, 0.6) is 5.75 Å². The first-order valence-corrected chi connectivity index (χ1v) is 12.8. The molecule has 1 amide bonds. The zero-order chi connectivity index (χ0) is 24.2. The Morgan fingerprint density at radius 2 is 2.03 bits per heavy atom. The van der Waals surface area contributed by atoms with Gasteiger partial charge in [0.2, 0.25) is 10.0 Å². The number of methoxy groups -OCH3 is 1. The van der Waals surface area contributed by atoms with Crippen molar-refractivity contribution in [2.24, 2.45) is 5.92 Å². The van der Waals surface area contributed by atoms with Gasteiger partial charge in [0.1, 0.15) is 10.6 Å². The first-order valence-electron chi connectivity index (χ1n) is 11.0. The van der Waals surface area contributed by atoms with Crippen molar-refractivity contribution in [3.8, 4) is 5.75 Å². The first-order chi connectivity index (χ1) is 15.6. The minimum absolute atomic E-state index is 0.0251. The summed E-state index contributed by atoms with van der Waals surface area (Å²) in [7, 11) is 1.70. The molecule has 7 nitrogen and oxygen atoms in total. The van der Waals surface area contributed by atoms with E-state index in [-0.39, 0.29) is 27.4 Å². The van der Waals surface area contributed by atoms with E-state index in [0.29, 0.717) is 25.6 Å². The predicted molar refractivity (Wildman–Crippen MR) is 130 cm³/mol. The van der Waals surface area contributed by atoms with Crippen LogP contribution in [0.2, 0.25) is 5.02 Å². The Bertz CT molecular complexity index is 1090. The maximum atomic E-state index is 13.2. The third kappa shape index (κ3) is 6.06. The van der Waals surface area contributed by atoms with Gasteiger partial charge in [-0.15, -0.1) is 0 Å². The Morgan fingerprint density at radius 1 is 1.27 bits per heavy atom. The van der Waals surface area contributed by atoms with Gasteiger partial charge in [-0.2, -0.15) is 4.31 Å². The summed E-state index contributed by atoms with van der Waals surface area (Å²) in [6.45, 7) is 3.30. The van der Waals surface area contributed by atoms with Gasteiger partial charge >= 0.3 is 0 Å². The lowest BCUT2D eigenvalue weighted by molar-refractivity contribution is 0.0941. The van der Waals surface area contributed by atoms with Gasteiger partial charge in [-0.25, -0.2) is 8.42 Å². The average Bonchev–Trinajstić information content (AvgIpc) is 2.79. The molecule has 0 bridgehead atoms. The number of sulfonamides is 1. The summed E-state index contributed by atoms with van der Waals surface area (Å²) < 4.78 is 33.2. The number of benzene rings is 2. The third-order valence-corrected chi connectivity index (χ3v) is 8.34. The number of hydrogen-bond donors (Lipinski definition) is 1. The molecule has 0 saturated carbocycles. The molecular formula is C24H32ClN3O4S. The van der Waals surface area contributed by atoms with E-state index in [1.165, 1.54) is 16.4 Å². The standard InChI is InChI=1S/C24H32ClN3O4S/c1-17-7-6-12-28(16-17)33(30,31)23-14-19(10-11-21(23)25)24(29)26-15-22(27(2)3)18-8-5-9-20(13-18)32-4/h5,8-11,13-14,17,22H,6-7,12,15-16H2,1-4H3,(H,26,29)/t17-,22+/m0/s1. The number of piperidine rings is 1. The molecular weight excluding hydrogens is 462 g/mol. The molecule has 1 aliphatic heterocycles. The maximum absolute atomic E-state index is 13.2. The quantitative estimate of drug-likeness (QED) is 0.605. The highest BCUT2D eigenvalue weighted by Crippen LogP contribution is 2.29. The summed E-state index contributed by atoms with van der Waals surface area (Å²) in [4.78, 5) is 14.9. The van der Waals surface area contributed by atoms with Gasteiger partial charge in [0.05, 0.1) is 18.2 Å². The molecule has 1 saturated heterocycles. The molecule has 3 rings (SSSR count). The van der Waals surface area contributed by atoms with Crippen molar-refractivity contribution in [3.05, 3.63) is 58.6 Å². The van der Waals surface area contributed by atoms with Crippen molar-refractivity contribution in [3.63, 3.8) is 0 Å². The van der Waals surface area contributed by atoms with Crippen LogP contribution < -0.4 is 10.1 Å². The van der Waals surface area contributed by atoms with E-state index in [4.69, 9.17) is 16.3 Å². The number of hydrogen-bond acceptors (Lipinski definition) is 5. The summed E-state index contributed by atoms with van der Waals surface area (Å²) >= 11 is 6.26. The van der Waals surface area contributed by atoms with Crippen LogP contribution in [-0.2, 0) is 10.0 Å². The van der Waals surface area contributed by atoms with E-state index in [9.17, 15) is 13.2 Å². The molecule has 1 heterocycles. The summed E-state index contributed by atoms with van der Waals surface area (Å²) in [5.74, 6) is 0.675. The minimum Gasteiger partial charge on any atom is -0.497 e. The molecule has 2 atom stereocenters. The number of halogens is 1. The van der Waals surface area contributed by atoms with Crippen molar-refractivity contribution >= 4 is 27.5 Å². The van der Waals surface area contributed by atoms with Gasteiger partial charge in [-0.3, -0.25) is 4.79 Å². The highest BCUT2D eigenvalue weighted by Gasteiger charge is 2.31. The Balaban J connectivity index is 1.78. The molecule has 0 radical (unpaired) electrons. The zero-order valence-electron chi connectivity index (χ0n) is 19.5. The van der Waals surface area contributed by atoms with E-state index in [1.54, 1.807) is 13.2 Å². The molecule has 0 aliphatic carbocycles. The SMILES string of the molecule is COc1cccc([C@@H](CNC(=O)c2ccc(Cl)c(S(=O)(=O)N3CCC[C@H](C)C3)c2)N(C)C)c1. The van der Waals surface area contributed by atoms with Crippen molar-refractivity contribution in [1.82, 2.24) is 14.5 Å². The Labute approximate surface area is 201 Å². The van der Waals surface area contributed by atoms with Crippen LogP contribution in [0.15, 0.2) is 47.4 Å². The average molecular weight is 494 g/mol. The number of rotatable bonds is 8. The summed E-state index contributed by atoms with van der Waals surface area (Å²) in [6, 6.07) is 12.0. The number of ether oxygens (including phenoxy) is 1. The van der Waals surface area contributed by atoms with Crippen LogP contribution in [0, 0.1) is 5.92 Å². The summed E-state index contributed by atoms with van der Waals surface area (Å²) in [5, 5.41) is 3.05. The fourth-order valence-corrected chi connectivity index (χ4v) is 6.18. The topological polar surface area (TPSA) is 78.9 Å². The fourth-order valence-electron chi connectivity index (χ4n) is 4.08. The zero-order valence-corrected chi connectivity index (χ0v) is 21.1. The largest absolute Gasteiger partial charge is 0.497 e. The molecule has 1 aliphatic rings. The van der Waals surface area contributed by atoms with Crippen molar-refractivity contribution in [2.75, 3.05) is 40.8 Å². The monoisotopic (exact) mass is 493 g/mol. The predicted octanol–water partition coefficient (Wildman–Crippen LogP) is 3.80. The van der Waals surface area contributed by atoms with Gasteiger partial charge in [-0.05, 0) is 68.8 Å². The number of carbonyl (C=O) groups excluding carboxylic acids is 1. The molecule has 1 fully saturated rings. The highest BCUT2D eigenvalue weighted by atomic mass is 35.5. The van der Waals surface area contributed by atoms with Gasteiger partial charge in [0.25, 0.3) is 5.91 Å². The van der Waals surface area contributed by atoms with Crippen molar-refractivity contribution < 1.29 is 17.9 Å². The van der Waals surface area contributed by atoms with E-state index in [0.717, 1.165) is 24.2 Å². The number of amides is 1. The molecule has 9 heteroatoms. The van der Waals surface area contributed by atoms with Crippen LogP contribution in [-0.4, -0.2) is 64.4 Å². The number of nitrogens with zero attached hydrogens (tertiary/aromatic N) is 2. The van der Waals surface area contributed by atoms with Crippen molar-refractivity contribution in [1.29, 1.82) is 0 Å². The molecule has 180 valence electrons. The third-order valence-electron chi connectivity index (χ3n) is 5.99. The molecule has 0 spiro atoms. The van der Waals surface area contributed by atoms with E-state index < -0.39 is 10.0 Å². The fraction of sp³-hybridized carbons (Fsp3) is 0.458. The highest BCUT2D eigenvalue weighted by molar-refractivity contribution is 7.89. The van der Waals surface area contributed by atoms with E-state index in [1.807, 2.05) is 50.2 Å². The number of likely N-dealkylation sites (N-methyl/N-ethyl adjacent to an activating group) is 1. The second-order valence-electron chi connectivity index (χ2n) is 8.72. The lowest BCUT2D eigenvalue weighted by Crippen LogP contribution is -2.39. The van der Waals surface area contributed by atoms with Crippen LogP contribution in [0.25, 0.3) is 0 Å². The molecule has 2 aromatic rings.